The third-order valence-electron chi connectivity index (χ3n) is 4.47. The van der Waals surface area contributed by atoms with E-state index in [1.54, 1.807) is 9.80 Å². The average molecular weight is 358 g/mol. The average Bonchev–Trinajstić information content (AvgIpc) is 2.76. The van der Waals surface area contributed by atoms with Crippen molar-refractivity contribution < 1.29 is 18.7 Å². The smallest absolute Gasteiger partial charge is 0.410 e. The van der Waals surface area contributed by atoms with Crippen LogP contribution in [-0.4, -0.2) is 53.6 Å². The van der Waals surface area contributed by atoms with Crippen LogP contribution in [0, 0.1) is 6.92 Å². The number of amides is 2. The summed E-state index contributed by atoms with van der Waals surface area (Å²) in [7, 11) is 0. The molecule has 1 aromatic carbocycles. The Morgan fingerprint density at radius 1 is 1.04 bits per heavy atom. The van der Waals surface area contributed by atoms with Gasteiger partial charge in [0.05, 0.1) is 0 Å². The molecule has 6 nitrogen and oxygen atoms in total. The lowest BCUT2D eigenvalue weighted by atomic mass is 10.1. The second kappa shape index (κ2) is 7.02. The Morgan fingerprint density at radius 3 is 2.38 bits per heavy atom. The van der Waals surface area contributed by atoms with E-state index in [0.717, 1.165) is 16.5 Å². The van der Waals surface area contributed by atoms with E-state index in [9.17, 15) is 9.59 Å². The molecule has 1 aromatic heterocycles. The summed E-state index contributed by atoms with van der Waals surface area (Å²) in [5, 5.41) is 0.959. The standard InChI is InChI=1S/C20H26N2O4/c1-14-15-8-5-6-9-16(15)25-17(14)18(23)21-10-7-11-22(13-12-21)19(24)26-20(2,3)4/h5-6,8-9H,7,10-13H2,1-4H3. The quantitative estimate of drug-likeness (QED) is 0.777. The van der Waals surface area contributed by atoms with E-state index in [0.29, 0.717) is 38.4 Å². The molecule has 1 fully saturated rings. The number of carbonyl (C=O) groups excluding carboxylic acids is 2. The number of hydrogen-bond acceptors (Lipinski definition) is 4. The third-order valence-corrected chi connectivity index (χ3v) is 4.47. The summed E-state index contributed by atoms with van der Waals surface area (Å²) in [6.45, 7) is 9.56. The monoisotopic (exact) mass is 358 g/mol. The number of fused-ring (bicyclic) bond motifs is 1. The van der Waals surface area contributed by atoms with Crippen molar-refractivity contribution in [2.45, 2.75) is 39.7 Å². The van der Waals surface area contributed by atoms with E-state index in [4.69, 9.17) is 9.15 Å². The second-order valence-corrected chi connectivity index (χ2v) is 7.67. The van der Waals surface area contributed by atoms with Gasteiger partial charge >= 0.3 is 6.09 Å². The summed E-state index contributed by atoms with van der Waals surface area (Å²) in [6, 6.07) is 7.65. The molecule has 26 heavy (non-hydrogen) atoms. The van der Waals surface area contributed by atoms with E-state index in [1.165, 1.54) is 0 Å². The fourth-order valence-corrected chi connectivity index (χ4v) is 3.15. The maximum absolute atomic E-state index is 12.9. The maximum Gasteiger partial charge on any atom is 0.410 e. The van der Waals surface area contributed by atoms with E-state index in [2.05, 4.69) is 0 Å². The predicted molar refractivity (Wildman–Crippen MR) is 99.3 cm³/mol. The minimum atomic E-state index is -0.524. The lowest BCUT2D eigenvalue weighted by Gasteiger charge is -2.26. The highest BCUT2D eigenvalue weighted by Crippen LogP contribution is 2.26. The molecule has 0 saturated carbocycles. The highest BCUT2D eigenvalue weighted by molar-refractivity contribution is 5.98. The molecule has 1 aliphatic heterocycles. The number of rotatable bonds is 1. The zero-order chi connectivity index (χ0) is 18.9. The number of nitrogens with zero attached hydrogens (tertiary/aromatic N) is 2. The van der Waals surface area contributed by atoms with Gasteiger partial charge in [0.1, 0.15) is 11.2 Å². The first-order valence-electron chi connectivity index (χ1n) is 9.01. The summed E-state index contributed by atoms with van der Waals surface area (Å²) < 4.78 is 11.2. The van der Waals surface area contributed by atoms with Gasteiger partial charge in [-0.05, 0) is 40.2 Å². The Balaban J connectivity index is 1.71. The molecular formula is C20H26N2O4. The van der Waals surface area contributed by atoms with Crippen LogP contribution in [0.15, 0.2) is 28.7 Å². The summed E-state index contributed by atoms with van der Waals surface area (Å²) in [5.41, 5.74) is 1.06. The molecule has 0 atom stereocenters. The van der Waals surface area contributed by atoms with E-state index in [-0.39, 0.29) is 12.0 Å². The minimum Gasteiger partial charge on any atom is -0.451 e. The van der Waals surface area contributed by atoms with Crippen LogP contribution in [0.5, 0.6) is 0 Å². The van der Waals surface area contributed by atoms with Crippen molar-refractivity contribution in [2.75, 3.05) is 26.2 Å². The fourth-order valence-electron chi connectivity index (χ4n) is 3.15. The molecule has 6 heteroatoms. The number of ether oxygens (including phenoxy) is 1. The molecule has 1 saturated heterocycles. The SMILES string of the molecule is Cc1c(C(=O)N2CCCN(C(=O)OC(C)(C)C)CC2)oc2ccccc12. The molecule has 2 heterocycles. The van der Waals surface area contributed by atoms with Crippen molar-refractivity contribution in [3.8, 4) is 0 Å². The molecule has 2 aromatic rings. The van der Waals surface area contributed by atoms with Gasteiger partial charge in [0.15, 0.2) is 5.76 Å². The number of hydrogen-bond donors (Lipinski definition) is 0. The first kappa shape index (κ1) is 18.3. The number of para-hydroxylation sites is 1. The lowest BCUT2D eigenvalue weighted by molar-refractivity contribution is 0.0255. The van der Waals surface area contributed by atoms with Gasteiger partial charge in [-0.3, -0.25) is 4.79 Å². The molecule has 140 valence electrons. The largest absolute Gasteiger partial charge is 0.451 e. The highest BCUT2D eigenvalue weighted by atomic mass is 16.6. The molecule has 2 amide bonds. The van der Waals surface area contributed by atoms with Gasteiger partial charge in [-0.2, -0.15) is 0 Å². The minimum absolute atomic E-state index is 0.121. The topological polar surface area (TPSA) is 63.0 Å². The zero-order valence-electron chi connectivity index (χ0n) is 15.9. The number of carbonyl (C=O) groups is 2. The van der Waals surface area contributed by atoms with E-state index in [1.807, 2.05) is 52.0 Å². The highest BCUT2D eigenvalue weighted by Gasteiger charge is 2.28. The van der Waals surface area contributed by atoms with Crippen molar-refractivity contribution in [2.24, 2.45) is 0 Å². The molecule has 1 aliphatic rings. The van der Waals surface area contributed by atoms with Crippen LogP contribution in [-0.2, 0) is 4.74 Å². The van der Waals surface area contributed by atoms with E-state index < -0.39 is 5.60 Å². The van der Waals surface area contributed by atoms with Crippen LogP contribution in [0.1, 0.15) is 43.3 Å². The zero-order valence-corrected chi connectivity index (χ0v) is 15.9. The van der Waals surface area contributed by atoms with Crippen LogP contribution < -0.4 is 0 Å². The third kappa shape index (κ3) is 3.84. The van der Waals surface area contributed by atoms with Gasteiger partial charge in [-0.25, -0.2) is 4.79 Å². The normalized spacial score (nSPS) is 15.8. The van der Waals surface area contributed by atoms with E-state index >= 15 is 0 Å². The van der Waals surface area contributed by atoms with Crippen molar-refractivity contribution in [1.29, 1.82) is 0 Å². The van der Waals surface area contributed by atoms with Crippen molar-refractivity contribution in [1.82, 2.24) is 9.80 Å². The van der Waals surface area contributed by atoms with Crippen molar-refractivity contribution in [3.63, 3.8) is 0 Å². The summed E-state index contributed by atoms with van der Waals surface area (Å²) in [5.74, 6) is 0.265. The molecule has 0 bridgehead atoms. The van der Waals surface area contributed by atoms with Gasteiger partial charge in [0, 0.05) is 37.1 Å². The summed E-state index contributed by atoms with van der Waals surface area (Å²) >= 11 is 0. The first-order valence-corrected chi connectivity index (χ1v) is 9.01. The Hall–Kier alpha value is -2.50. The molecule has 0 radical (unpaired) electrons. The number of benzene rings is 1. The molecule has 0 unspecified atom stereocenters. The lowest BCUT2D eigenvalue weighted by Crippen LogP contribution is -2.40. The van der Waals surface area contributed by atoms with Gasteiger partial charge in [0.25, 0.3) is 5.91 Å². The summed E-state index contributed by atoms with van der Waals surface area (Å²) in [4.78, 5) is 28.6. The Morgan fingerprint density at radius 2 is 1.69 bits per heavy atom. The van der Waals surface area contributed by atoms with Gasteiger partial charge in [-0.1, -0.05) is 18.2 Å². The number of aryl methyl sites for hydroxylation is 1. The van der Waals surface area contributed by atoms with Crippen LogP contribution in [0.2, 0.25) is 0 Å². The molecular weight excluding hydrogens is 332 g/mol. The van der Waals surface area contributed by atoms with Crippen LogP contribution >= 0.6 is 0 Å². The van der Waals surface area contributed by atoms with Crippen LogP contribution in [0.3, 0.4) is 0 Å². The Bertz CT molecular complexity index is 819. The van der Waals surface area contributed by atoms with Crippen molar-refractivity contribution >= 4 is 23.0 Å². The number of furan rings is 1. The van der Waals surface area contributed by atoms with Crippen LogP contribution in [0.25, 0.3) is 11.0 Å². The van der Waals surface area contributed by atoms with Crippen LogP contribution in [0.4, 0.5) is 4.79 Å². The van der Waals surface area contributed by atoms with Crippen molar-refractivity contribution in [3.05, 3.63) is 35.6 Å². The molecule has 0 aliphatic carbocycles. The van der Waals surface area contributed by atoms with Gasteiger partial charge < -0.3 is 19.0 Å². The van der Waals surface area contributed by atoms with Gasteiger partial charge in [0.2, 0.25) is 0 Å². The summed E-state index contributed by atoms with van der Waals surface area (Å²) in [6.07, 6.45) is 0.385. The first-order chi connectivity index (χ1) is 12.3. The Kier molecular flexibility index (Phi) is 4.94. The molecule has 3 rings (SSSR count). The molecule has 0 spiro atoms. The maximum atomic E-state index is 12.9. The second-order valence-electron chi connectivity index (χ2n) is 7.67. The molecule has 0 N–H and O–H groups in total. The Labute approximate surface area is 153 Å². The van der Waals surface area contributed by atoms with Gasteiger partial charge in [-0.15, -0.1) is 0 Å². The fraction of sp³-hybridized carbons (Fsp3) is 0.500. The predicted octanol–water partition coefficient (Wildman–Crippen LogP) is 3.82.